The zero-order valence-corrected chi connectivity index (χ0v) is 15.0. The largest absolute Gasteiger partial charge is 0.481 e. The van der Waals surface area contributed by atoms with Gasteiger partial charge in [-0.3, -0.25) is 4.79 Å². The van der Waals surface area contributed by atoms with E-state index in [0.717, 1.165) is 11.3 Å². The number of hydrogen-bond acceptors (Lipinski definition) is 5. The van der Waals surface area contributed by atoms with E-state index in [0.29, 0.717) is 19.5 Å². The molecule has 0 bridgehead atoms. The number of nitrogens with one attached hydrogen (secondary N) is 2. The Morgan fingerprint density at radius 2 is 2.04 bits per heavy atom. The van der Waals surface area contributed by atoms with Gasteiger partial charge < -0.3 is 20.5 Å². The number of aromatic nitrogens is 2. The summed E-state index contributed by atoms with van der Waals surface area (Å²) in [6.45, 7) is 2.60. The zero-order chi connectivity index (χ0) is 19.6. The van der Waals surface area contributed by atoms with Gasteiger partial charge in [-0.25, -0.2) is 14.3 Å². The van der Waals surface area contributed by atoms with Gasteiger partial charge in [0.1, 0.15) is 0 Å². The molecular formula is C18H22N4O5. The normalized spacial score (nSPS) is 10.3. The number of carbonyl (C=O) groups excluding carboxylic acids is 2. The number of benzene rings is 1. The molecule has 27 heavy (non-hydrogen) atoms. The summed E-state index contributed by atoms with van der Waals surface area (Å²) in [7, 11) is 0. The van der Waals surface area contributed by atoms with E-state index in [1.807, 2.05) is 24.3 Å². The van der Waals surface area contributed by atoms with Gasteiger partial charge in [0.25, 0.3) is 0 Å². The van der Waals surface area contributed by atoms with Crippen molar-refractivity contribution in [1.82, 2.24) is 20.4 Å². The summed E-state index contributed by atoms with van der Waals surface area (Å²) in [6, 6.07) is 8.55. The van der Waals surface area contributed by atoms with Crippen LogP contribution < -0.4 is 10.6 Å². The van der Waals surface area contributed by atoms with E-state index < -0.39 is 11.9 Å². The molecule has 1 heterocycles. The molecule has 0 aliphatic carbocycles. The average molecular weight is 374 g/mol. The van der Waals surface area contributed by atoms with Crippen molar-refractivity contribution < 1.29 is 24.2 Å². The molecule has 9 nitrogen and oxygen atoms in total. The lowest BCUT2D eigenvalue weighted by Gasteiger charge is -2.09. The van der Waals surface area contributed by atoms with Crippen LogP contribution in [0.4, 0.5) is 4.79 Å². The molecule has 1 aromatic carbocycles. The Labute approximate surface area is 156 Å². The highest BCUT2D eigenvalue weighted by molar-refractivity contribution is 5.87. The third-order valence-electron chi connectivity index (χ3n) is 3.55. The van der Waals surface area contributed by atoms with Crippen LogP contribution in [0.25, 0.3) is 5.69 Å². The van der Waals surface area contributed by atoms with E-state index >= 15 is 0 Å². The first-order chi connectivity index (χ1) is 13.0. The van der Waals surface area contributed by atoms with Crippen molar-refractivity contribution in [2.24, 2.45) is 0 Å². The predicted octanol–water partition coefficient (Wildman–Crippen LogP) is 1.71. The quantitative estimate of drug-likeness (QED) is 0.454. The topological polar surface area (TPSA) is 123 Å². The van der Waals surface area contributed by atoms with E-state index in [2.05, 4.69) is 15.7 Å². The molecule has 2 amide bonds. The molecule has 3 N–H and O–H groups in total. The molecule has 0 aliphatic rings. The summed E-state index contributed by atoms with van der Waals surface area (Å²) in [5.41, 5.74) is 1.81. The summed E-state index contributed by atoms with van der Waals surface area (Å²) in [6.07, 6.45) is 2.05. The van der Waals surface area contributed by atoms with Gasteiger partial charge in [-0.1, -0.05) is 12.1 Å². The molecule has 2 aromatic rings. The van der Waals surface area contributed by atoms with Crippen LogP contribution in [0.5, 0.6) is 0 Å². The summed E-state index contributed by atoms with van der Waals surface area (Å²) < 4.78 is 6.47. The van der Waals surface area contributed by atoms with E-state index in [4.69, 9.17) is 9.84 Å². The molecule has 0 fully saturated rings. The molecule has 0 aliphatic heterocycles. The second-order valence-electron chi connectivity index (χ2n) is 5.64. The van der Waals surface area contributed by atoms with Crippen LogP contribution in [-0.4, -0.2) is 46.0 Å². The van der Waals surface area contributed by atoms with Gasteiger partial charge in [0, 0.05) is 25.7 Å². The number of nitrogens with zero attached hydrogens (tertiary/aromatic N) is 2. The molecule has 0 spiro atoms. The number of urea groups is 1. The second-order valence-corrected chi connectivity index (χ2v) is 5.64. The Kier molecular flexibility index (Phi) is 7.36. The maximum absolute atomic E-state index is 11.7. The van der Waals surface area contributed by atoms with Crippen LogP contribution in [0, 0.1) is 0 Å². The molecule has 0 saturated carbocycles. The fourth-order valence-corrected chi connectivity index (χ4v) is 2.28. The van der Waals surface area contributed by atoms with Crippen molar-refractivity contribution in [1.29, 1.82) is 0 Å². The maximum atomic E-state index is 11.7. The standard InChI is InChI=1S/C18H22N4O5/c1-2-27-17(25)15-8-10-22(21-15)14-6-3-5-13(11-14)12-20-18(26)19-9-4-7-16(23)24/h3,5-6,8,10-11H,2,4,7,9,12H2,1H3,(H,23,24)(H2,19,20,26). The predicted molar refractivity (Wildman–Crippen MR) is 96.6 cm³/mol. The average Bonchev–Trinajstić information content (AvgIpc) is 3.14. The van der Waals surface area contributed by atoms with Crippen LogP contribution in [0.2, 0.25) is 0 Å². The Bertz CT molecular complexity index is 803. The molecule has 0 saturated heterocycles. The number of rotatable bonds is 9. The Hall–Kier alpha value is -3.36. The van der Waals surface area contributed by atoms with Gasteiger partial charge in [0.05, 0.1) is 12.3 Å². The minimum Gasteiger partial charge on any atom is -0.481 e. The number of carboxylic acids is 1. The lowest BCUT2D eigenvalue weighted by Crippen LogP contribution is -2.35. The first-order valence-corrected chi connectivity index (χ1v) is 8.55. The smallest absolute Gasteiger partial charge is 0.358 e. The number of carbonyl (C=O) groups is 3. The number of aliphatic carboxylic acids is 1. The van der Waals surface area contributed by atoms with Crippen molar-refractivity contribution in [3.05, 3.63) is 47.8 Å². The van der Waals surface area contributed by atoms with Gasteiger partial charge in [-0.15, -0.1) is 0 Å². The van der Waals surface area contributed by atoms with Crippen molar-refractivity contribution in [2.45, 2.75) is 26.3 Å². The SMILES string of the molecule is CCOC(=O)c1ccn(-c2cccc(CNC(=O)NCCCC(=O)O)c2)n1. The van der Waals surface area contributed by atoms with E-state index in [1.165, 1.54) is 0 Å². The number of hydrogen-bond donors (Lipinski definition) is 3. The number of ether oxygens (including phenoxy) is 1. The van der Waals surface area contributed by atoms with Crippen molar-refractivity contribution >= 4 is 18.0 Å². The third-order valence-corrected chi connectivity index (χ3v) is 3.55. The van der Waals surface area contributed by atoms with Gasteiger partial charge in [0.15, 0.2) is 5.69 Å². The van der Waals surface area contributed by atoms with Crippen LogP contribution in [0.3, 0.4) is 0 Å². The van der Waals surface area contributed by atoms with Crippen LogP contribution in [0.1, 0.15) is 35.8 Å². The van der Waals surface area contributed by atoms with Crippen molar-refractivity contribution in [3.8, 4) is 5.69 Å². The lowest BCUT2D eigenvalue weighted by molar-refractivity contribution is -0.137. The van der Waals surface area contributed by atoms with Gasteiger partial charge in [-0.2, -0.15) is 5.10 Å². The highest BCUT2D eigenvalue weighted by atomic mass is 16.5. The molecule has 0 atom stereocenters. The Balaban J connectivity index is 1.89. The maximum Gasteiger partial charge on any atom is 0.358 e. The van der Waals surface area contributed by atoms with E-state index in [-0.39, 0.29) is 24.8 Å². The summed E-state index contributed by atoms with van der Waals surface area (Å²) in [5.74, 6) is -1.37. The number of amides is 2. The van der Waals surface area contributed by atoms with Crippen LogP contribution in [-0.2, 0) is 16.1 Å². The fourth-order valence-electron chi connectivity index (χ4n) is 2.28. The highest BCUT2D eigenvalue weighted by Crippen LogP contribution is 2.11. The summed E-state index contributed by atoms with van der Waals surface area (Å²) in [4.78, 5) is 33.8. The molecule has 144 valence electrons. The van der Waals surface area contributed by atoms with E-state index in [9.17, 15) is 14.4 Å². The lowest BCUT2D eigenvalue weighted by atomic mass is 10.2. The second kappa shape index (κ2) is 9.95. The van der Waals surface area contributed by atoms with Gasteiger partial charge >= 0.3 is 18.0 Å². The number of esters is 1. The Morgan fingerprint density at radius 1 is 1.22 bits per heavy atom. The van der Waals surface area contributed by atoms with Crippen molar-refractivity contribution in [3.63, 3.8) is 0 Å². The fraction of sp³-hybridized carbons (Fsp3) is 0.333. The summed E-state index contributed by atoms with van der Waals surface area (Å²) in [5, 5.41) is 18.0. The molecule has 9 heteroatoms. The minimum atomic E-state index is -0.890. The van der Waals surface area contributed by atoms with E-state index in [1.54, 1.807) is 23.9 Å². The van der Waals surface area contributed by atoms with Crippen LogP contribution >= 0.6 is 0 Å². The monoisotopic (exact) mass is 374 g/mol. The summed E-state index contributed by atoms with van der Waals surface area (Å²) >= 11 is 0. The Morgan fingerprint density at radius 3 is 2.78 bits per heavy atom. The molecule has 1 aromatic heterocycles. The first kappa shape index (κ1) is 20.0. The number of carboxylic acid groups (broad SMARTS) is 1. The molecular weight excluding hydrogens is 352 g/mol. The van der Waals surface area contributed by atoms with Gasteiger partial charge in [-0.05, 0) is 37.1 Å². The third kappa shape index (κ3) is 6.46. The molecule has 2 rings (SSSR count). The van der Waals surface area contributed by atoms with Crippen LogP contribution in [0.15, 0.2) is 36.5 Å². The van der Waals surface area contributed by atoms with Gasteiger partial charge in [0.2, 0.25) is 0 Å². The zero-order valence-electron chi connectivity index (χ0n) is 15.0. The molecule has 0 radical (unpaired) electrons. The molecule has 0 unspecified atom stereocenters. The first-order valence-electron chi connectivity index (χ1n) is 8.55. The highest BCUT2D eigenvalue weighted by Gasteiger charge is 2.11. The van der Waals surface area contributed by atoms with Crippen molar-refractivity contribution in [2.75, 3.05) is 13.2 Å². The minimum absolute atomic E-state index is 0.0139.